The average molecular weight is 457 g/mol. The first-order valence-electron chi connectivity index (χ1n) is 9.51. The molecule has 2 heterocycles. The van der Waals surface area contributed by atoms with E-state index in [1.54, 1.807) is 36.3 Å². The first-order chi connectivity index (χ1) is 14.6. The van der Waals surface area contributed by atoms with Crippen molar-refractivity contribution in [1.29, 1.82) is 0 Å². The van der Waals surface area contributed by atoms with Crippen LogP contribution in [0, 0.1) is 6.92 Å². The summed E-state index contributed by atoms with van der Waals surface area (Å²) in [6, 6.07) is 13.8. The fourth-order valence-corrected chi connectivity index (χ4v) is 5.27. The number of aromatic nitrogens is 4. The molecule has 4 aromatic rings. The van der Waals surface area contributed by atoms with Gasteiger partial charge in [-0.1, -0.05) is 47.6 Å². The molecular weight excluding hydrogens is 436 g/mol. The zero-order valence-electron chi connectivity index (χ0n) is 16.9. The summed E-state index contributed by atoms with van der Waals surface area (Å²) >= 11 is 9.51. The minimum Gasteiger partial charge on any atom is -0.496 e. The predicted octanol–water partition coefficient (Wildman–Crippen LogP) is 6.35. The number of rotatable bonds is 7. The maximum atomic E-state index is 6.21. The van der Waals surface area contributed by atoms with Gasteiger partial charge in [-0.25, -0.2) is 4.98 Å². The largest absolute Gasteiger partial charge is 0.496 e. The molecule has 154 valence electrons. The highest BCUT2D eigenvalue weighted by atomic mass is 35.5. The number of ether oxygens (including phenoxy) is 1. The predicted molar refractivity (Wildman–Crippen MR) is 125 cm³/mol. The van der Waals surface area contributed by atoms with Crippen molar-refractivity contribution in [1.82, 2.24) is 19.7 Å². The van der Waals surface area contributed by atoms with Crippen LogP contribution >= 0.6 is 34.7 Å². The van der Waals surface area contributed by atoms with Gasteiger partial charge in [0, 0.05) is 28.3 Å². The van der Waals surface area contributed by atoms with Gasteiger partial charge in [-0.15, -0.1) is 21.5 Å². The average Bonchev–Trinajstić information content (AvgIpc) is 3.39. The Labute approximate surface area is 189 Å². The fraction of sp³-hybridized carbons (Fsp3) is 0.227. The van der Waals surface area contributed by atoms with Crippen molar-refractivity contribution in [3.05, 3.63) is 64.1 Å². The van der Waals surface area contributed by atoms with Crippen LogP contribution in [0.2, 0.25) is 5.02 Å². The molecule has 8 heteroatoms. The Morgan fingerprint density at radius 3 is 2.73 bits per heavy atom. The van der Waals surface area contributed by atoms with Crippen molar-refractivity contribution in [3.63, 3.8) is 0 Å². The number of nitrogens with zero attached hydrogens (tertiary/aromatic N) is 4. The van der Waals surface area contributed by atoms with E-state index in [9.17, 15) is 0 Å². The molecule has 0 radical (unpaired) electrons. The van der Waals surface area contributed by atoms with Crippen LogP contribution in [-0.2, 0) is 12.3 Å². The Bertz CT molecular complexity index is 1170. The van der Waals surface area contributed by atoms with Gasteiger partial charge in [-0.05, 0) is 37.6 Å². The molecule has 0 aliphatic carbocycles. The molecule has 0 N–H and O–H groups in total. The van der Waals surface area contributed by atoms with Crippen LogP contribution < -0.4 is 4.74 Å². The van der Waals surface area contributed by atoms with Gasteiger partial charge in [0.2, 0.25) is 0 Å². The van der Waals surface area contributed by atoms with Crippen LogP contribution in [0.3, 0.4) is 0 Å². The number of halogens is 1. The van der Waals surface area contributed by atoms with E-state index < -0.39 is 0 Å². The molecule has 2 aromatic carbocycles. The smallest absolute Gasteiger partial charge is 0.191 e. The maximum absolute atomic E-state index is 6.21. The Morgan fingerprint density at radius 1 is 1.13 bits per heavy atom. The topological polar surface area (TPSA) is 52.8 Å². The molecule has 2 aromatic heterocycles. The molecule has 0 aliphatic heterocycles. The lowest BCUT2D eigenvalue weighted by atomic mass is 10.1. The molecule has 0 amide bonds. The second-order valence-electron chi connectivity index (χ2n) is 6.64. The lowest BCUT2D eigenvalue weighted by molar-refractivity contribution is 0.416. The molecule has 0 atom stereocenters. The number of aryl methyl sites for hydroxylation is 1. The van der Waals surface area contributed by atoms with Crippen molar-refractivity contribution in [2.75, 3.05) is 7.11 Å². The van der Waals surface area contributed by atoms with E-state index in [4.69, 9.17) is 21.3 Å². The van der Waals surface area contributed by atoms with Gasteiger partial charge in [0.1, 0.15) is 10.8 Å². The van der Waals surface area contributed by atoms with Gasteiger partial charge in [0.25, 0.3) is 0 Å². The lowest BCUT2D eigenvalue weighted by Crippen LogP contribution is -2.01. The van der Waals surface area contributed by atoms with E-state index >= 15 is 0 Å². The zero-order chi connectivity index (χ0) is 21.1. The Balaban J connectivity index is 1.56. The minimum absolute atomic E-state index is 0.636. The summed E-state index contributed by atoms with van der Waals surface area (Å²) in [5, 5.41) is 13.5. The number of hydrogen-bond acceptors (Lipinski definition) is 6. The Kier molecular flexibility index (Phi) is 6.41. The molecular formula is C22H21ClN4OS2. The van der Waals surface area contributed by atoms with E-state index in [1.165, 1.54) is 11.1 Å². The van der Waals surface area contributed by atoms with E-state index in [0.29, 0.717) is 5.02 Å². The van der Waals surface area contributed by atoms with Crippen LogP contribution in [0.1, 0.15) is 18.2 Å². The molecule has 0 bridgehead atoms. The third-order valence-electron chi connectivity index (χ3n) is 4.71. The van der Waals surface area contributed by atoms with Crippen molar-refractivity contribution >= 4 is 34.7 Å². The number of thioether (sulfide) groups is 1. The van der Waals surface area contributed by atoms with Crippen molar-refractivity contribution in [2.24, 2.45) is 0 Å². The van der Waals surface area contributed by atoms with Crippen LogP contribution in [0.25, 0.3) is 22.0 Å². The molecule has 0 unspecified atom stereocenters. The van der Waals surface area contributed by atoms with Crippen LogP contribution in [0.15, 0.2) is 53.0 Å². The lowest BCUT2D eigenvalue weighted by Gasteiger charge is -2.10. The van der Waals surface area contributed by atoms with Gasteiger partial charge in [0.05, 0.1) is 18.4 Å². The highest BCUT2D eigenvalue weighted by molar-refractivity contribution is 7.98. The van der Waals surface area contributed by atoms with Crippen LogP contribution in [-0.4, -0.2) is 26.9 Å². The second kappa shape index (κ2) is 9.20. The summed E-state index contributed by atoms with van der Waals surface area (Å²) in [5.41, 5.74) is 4.29. The van der Waals surface area contributed by atoms with Gasteiger partial charge < -0.3 is 9.30 Å². The molecule has 0 saturated carbocycles. The van der Waals surface area contributed by atoms with Gasteiger partial charge >= 0.3 is 0 Å². The number of methoxy groups -OCH3 is 1. The summed E-state index contributed by atoms with van der Waals surface area (Å²) in [5.74, 6) is 2.20. The SMILES string of the molecule is CCn1c(SCc2csc(-c3ccccc3C)n2)nnc1-c1cc(Cl)ccc1OC. The molecule has 5 nitrogen and oxygen atoms in total. The summed E-state index contributed by atoms with van der Waals surface area (Å²) in [6.07, 6.45) is 0. The highest BCUT2D eigenvalue weighted by Crippen LogP contribution is 2.34. The zero-order valence-corrected chi connectivity index (χ0v) is 19.3. The number of hydrogen-bond donors (Lipinski definition) is 0. The van der Waals surface area contributed by atoms with Crippen LogP contribution in [0.5, 0.6) is 5.75 Å². The van der Waals surface area contributed by atoms with Crippen molar-refractivity contribution in [3.8, 4) is 27.7 Å². The van der Waals surface area contributed by atoms with E-state index in [0.717, 1.165) is 45.3 Å². The first kappa shape index (κ1) is 20.9. The fourth-order valence-electron chi connectivity index (χ4n) is 3.18. The number of thiazole rings is 1. The van der Waals surface area contributed by atoms with Crippen molar-refractivity contribution < 1.29 is 4.74 Å². The highest BCUT2D eigenvalue weighted by Gasteiger charge is 2.18. The molecule has 0 saturated heterocycles. The molecule has 0 spiro atoms. The van der Waals surface area contributed by atoms with Gasteiger partial charge in [0.15, 0.2) is 11.0 Å². The Hall–Kier alpha value is -2.35. The minimum atomic E-state index is 0.636. The normalized spacial score (nSPS) is 11.1. The number of benzene rings is 2. The maximum Gasteiger partial charge on any atom is 0.191 e. The second-order valence-corrected chi connectivity index (χ2v) is 8.88. The molecule has 0 aliphatic rings. The third kappa shape index (κ3) is 4.24. The van der Waals surface area contributed by atoms with E-state index in [2.05, 4.69) is 46.1 Å². The first-order valence-corrected chi connectivity index (χ1v) is 11.7. The standard InChI is InChI=1S/C22H21ClN4OS2/c1-4-27-20(18-11-15(23)9-10-19(18)28-3)25-26-22(27)30-13-16-12-29-21(24-16)17-8-6-5-7-14(17)2/h5-12H,4,13H2,1-3H3. The van der Waals surface area contributed by atoms with Gasteiger partial charge in [-0.2, -0.15) is 0 Å². The molecule has 0 fully saturated rings. The summed E-state index contributed by atoms with van der Waals surface area (Å²) in [6.45, 7) is 4.93. The third-order valence-corrected chi connectivity index (χ3v) is 6.87. The van der Waals surface area contributed by atoms with Crippen molar-refractivity contribution in [2.45, 2.75) is 31.3 Å². The Morgan fingerprint density at radius 2 is 1.97 bits per heavy atom. The summed E-state index contributed by atoms with van der Waals surface area (Å²) < 4.78 is 7.57. The monoisotopic (exact) mass is 456 g/mol. The molecule has 4 rings (SSSR count). The van der Waals surface area contributed by atoms with Crippen LogP contribution in [0.4, 0.5) is 0 Å². The summed E-state index contributed by atoms with van der Waals surface area (Å²) in [4.78, 5) is 4.82. The molecule has 30 heavy (non-hydrogen) atoms. The summed E-state index contributed by atoms with van der Waals surface area (Å²) in [7, 11) is 1.64. The van der Waals surface area contributed by atoms with E-state index in [-0.39, 0.29) is 0 Å². The van der Waals surface area contributed by atoms with E-state index in [1.807, 2.05) is 24.3 Å². The quantitative estimate of drug-likeness (QED) is 0.303. The van der Waals surface area contributed by atoms with Gasteiger partial charge in [-0.3, -0.25) is 0 Å².